The molecule has 0 aromatic heterocycles. The van der Waals surface area contributed by atoms with Crippen molar-refractivity contribution in [1.82, 2.24) is 9.80 Å². The first-order valence-electron chi connectivity index (χ1n) is 8.85. The van der Waals surface area contributed by atoms with Gasteiger partial charge in [-0.05, 0) is 56.2 Å². The molecular formula is C19H28N2O2. The lowest BCUT2D eigenvalue weighted by Gasteiger charge is -2.39. The van der Waals surface area contributed by atoms with Crippen molar-refractivity contribution in [1.29, 1.82) is 0 Å². The highest BCUT2D eigenvalue weighted by molar-refractivity contribution is 5.67. The van der Waals surface area contributed by atoms with Gasteiger partial charge >= 0.3 is 6.09 Å². The van der Waals surface area contributed by atoms with E-state index in [-0.39, 0.29) is 6.09 Å². The van der Waals surface area contributed by atoms with E-state index < -0.39 is 0 Å². The van der Waals surface area contributed by atoms with Crippen molar-refractivity contribution in [3.8, 4) is 0 Å². The lowest BCUT2D eigenvalue weighted by molar-refractivity contribution is 0.0779. The zero-order chi connectivity index (χ0) is 16.1. The summed E-state index contributed by atoms with van der Waals surface area (Å²) in [7, 11) is 1.47. The standard InChI is InChI=1S/C19H28N2O2/c1-23-19(22)21-13-9-18(10-14-21)17-7-11-20(12-8-17)15-16-5-3-2-4-6-16/h2-6,17-18H,7-15H2,1H3. The van der Waals surface area contributed by atoms with Gasteiger partial charge in [0.05, 0.1) is 7.11 Å². The first-order valence-corrected chi connectivity index (χ1v) is 8.85. The van der Waals surface area contributed by atoms with Crippen LogP contribution in [0, 0.1) is 11.8 Å². The molecule has 4 heteroatoms. The van der Waals surface area contributed by atoms with E-state index in [9.17, 15) is 4.79 Å². The molecule has 2 aliphatic rings. The van der Waals surface area contributed by atoms with Gasteiger partial charge in [0.1, 0.15) is 0 Å². The van der Waals surface area contributed by atoms with Gasteiger partial charge in [-0.15, -0.1) is 0 Å². The first kappa shape index (κ1) is 16.3. The molecule has 3 rings (SSSR count). The molecule has 0 spiro atoms. The van der Waals surface area contributed by atoms with Crippen LogP contribution in [0.5, 0.6) is 0 Å². The molecule has 0 N–H and O–H groups in total. The average molecular weight is 316 g/mol. The summed E-state index contributed by atoms with van der Waals surface area (Å²) in [5.41, 5.74) is 1.41. The SMILES string of the molecule is COC(=O)N1CCC(C2CCN(Cc3ccccc3)CC2)CC1. The minimum atomic E-state index is -0.166. The molecule has 0 aliphatic carbocycles. The summed E-state index contributed by atoms with van der Waals surface area (Å²) >= 11 is 0. The molecular weight excluding hydrogens is 288 g/mol. The molecule has 23 heavy (non-hydrogen) atoms. The maximum Gasteiger partial charge on any atom is 0.409 e. The van der Waals surface area contributed by atoms with Crippen LogP contribution in [0.15, 0.2) is 30.3 Å². The van der Waals surface area contributed by atoms with E-state index in [1.165, 1.54) is 38.6 Å². The summed E-state index contributed by atoms with van der Waals surface area (Å²) in [6.07, 6.45) is 4.71. The van der Waals surface area contributed by atoms with E-state index in [0.717, 1.165) is 44.3 Å². The Hall–Kier alpha value is -1.55. The summed E-state index contributed by atoms with van der Waals surface area (Å²) in [5, 5.41) is 0. The van der Waals surface area contributed by atoms with Crippen molar-refractivity contribution in [3.63, 3.8) is 0 Å². The molecule has 2 saturated heterocycles. The van der Waals surface area contributed by atoms with Crippen LogP contribution in [-0.2, 0) is 11.3 Å². The minimum absolute atomic E-state index is 0.166. The predicted molar refractivity (Wildman–Crippen MR) is 91.1 cm³/mol. The molecule has 4 nitrogen and oxygen atoms in total. The largest absolute Gasteiger partial charge is 0.453 e. The Kier molecular flexibility index (Phi) is 5.55. The van der Waals surface area contributed by atoms with Gasteiger partial charge in [-0.25, -0.2) is 4.79 Å². The fourth-order valence-electron chi connectivity index (χ4n) is 4.11. The smallest absolute Gasteiger partial charge is 0.409 e. The summed E-state index contributed by atoms with van der Waals surface area (Å²) in [6, 6.07) is 10.8. The summed E-state index contributed by atoms with van der Waals surface area (Å²) in [4.78, 5) is 16.0. The Labute approximate surface area is 139 Å². The number of amides is 1. The second-order valence-corrected chi connectivity index (χ2v) is 6.89. The Bertz CT molecular complexity index is 489. The Morgan fingerprint density at radius 2 is 1.57 bits per heavy atom. The van der Waals surface area contributed by atoms with Gasteiger partial charge in [0.2, 0.25) is 0 Å². The molecule has 126 valence electrons. The number of hydrogen-bond donors (Lipinski definition) is 0. The number of carbonyl (C=O) groups excluding carboxylic acids is 1. The van der Waals surface area contributed by atoms with Crippen molar-refractivity contribution in [2.75, 3.05) is 33.3 Å². The number of ether oxygens (including phenoxy) is 1. The normalized spacial score (nSPS) is 21.3. The molecule has 2 fully saturated rings. The molecule has 0 unspecified atom stereocenters. The van der Waals surface area contributed by atoms with Gasteiger partial charge in [-0.3, -0.25) is 4.90 Å². The molecule has 2 aliphatic heterocycles. The quantitative estimate of drug-likeness (QED) is 0.857. The highest BCUT2D eigenvalue weighted by Gasteiger charge is 2.31. The number of hydrogen-bond acceptors (Lipinski definition) is 3. The lowest BCUT2D eigenvalue weighted by Crippen LogP contribution is -2.42. The molecule has 0 saturated carbocycles. The number of rotatable bonds is 3. The van der Waals surface area contributed by atoms with E-state index in [0.29, 0.717) is 0 Å². The summed E-state index contributed by atoms with van der Waals surface area (Å²) in [5.74, 6) is 1.62. The van der Waals surface area contributed by atoms with Gasteiger partial charge < -0.3 is 9.64 Å². The van der Waals surface area contributed by atoms with Crippen LogP contribution in [-0.4, -0.2) is 49.2 Å². The lowest BCUT2D eigenvalue weighted by atomic mass is 9.79. The number of piperidine rings is 2. The Morgan fingerprint density at radius 1 is 1.00 bits per heavy atom. The monoisotopic (exact) mass is 316 g/mol. The van der Waals surface area contributed by atoms with Crippen molar-refractivity contribution in [2.45, 2.75) is 32.2 Å². The number of methoxy groups -OCH3 is 1. The minimum Gasteiger partial charge on any atom is -0.453 e. The van der Waals surface area contributed by atoms with Crippen molar-refractivity contribution in [2.24, 2.45) is 11.8 Å². The van der Waals surface area contributed by atoms with E-state index >= 15 is 0 Å². The van der Waals surface area contributed by atoms with E-state index in [1.807, 2.05) is 4.90 Å². The third-order valence-corrected chi connectivity index (χ3v) is 5.52. The average Bonchev–Trinajstić information content (AvgIpc) is 2.63. The van der Waals surface area contributed by atoms with Gasteiger partial charge in [0, 0.05) is 19.6 Å². The number of nitrogens with zero attached hydrogens (tertiary/aromatic N) is 2. The molecule has 1 aromatic carbocycles. The van der Waals surface area contributed by atoms with Crippen molar-refractivity contribution < 1.29 is 9.53 Å². The third kappa shape index (κ3) is 4.25. The third-order valence-electron chi connectivity index (χ3n) is 5.52. The molecule has 0 radical (unpaired) electrons. The molecule has 0 bridgehead atoms. The Morgan fingerprint density at radius 3 is 2.13 bits per heavy atom. The van der Waals surface area contributed by atoms with Crippen molar-refractivity contribution in [3.05, 3.63) is 35.9 Å². The second-order valence-electron chi connectivity index (χ2n) is 6.89. The second kappa shape index (κ2) is 7.82. The van der Waals surface area contributed by atoms with Crippen LogP contribution in [0.1, 0.15) is 31.2 Å². The zero-order valence-corrected chi connectivity index (χ0v) is 14.1. The van der Waals surface area contributed by atoms with Crippen LogP contribution >= 0.6 is 0 Å². The van der Waals surface area contributed by atoms with Crippen LogP contribution < -0.4 is 0 Å². The van der Waals surface area contributed by atoms with Gasteiger partial charge in [0.25, 0.3) is 0 Å². The van der Waals surface area contributed by atoms with Gasteiger partial charge in [-0.2, -0.15) is 0 Å². The Balaban J connectivity index is 1.42. The summed E-state index contributed by atoms with van der Waals surface area (Å²) in [6.45, 7) is 5.21. The van der Waals surface area contributed by atoms with E-state index in [1.54, 1.807) is 0 Å². The van der Waals surface area contributed by atoms with Crippen LogP contribution in [0.4, 0.5) is 4.79 Å². The number of carbonyl (C=O) groups is 1. The maximum absolute atomic E-state index is 11.6. The van der Waals surface area contributed by atoms with Crippen LogP contribution in [0.3, 0.4) is 0 Å². The fourth-order valence-corrected chi connectivity index (χ4v) is 4.11. The summed E-state index contributed by atoms with van der Waals surface area (Å²) < 4.78 is 4.82. The predicted octanol–water partition coefficient (Wildman–Crippen LogP) is 3.38. The van der Waals surface area contributed by atoms with Crippen molar-refractivity contribution >= 4 is 6.09 Å². The molecule has 0 atom stereocenters. The molecule has 1 aromatic rings. The van der Waals surface area contributed by atoms with Gasteiger partial charge in [-0.1, -0.05) is 30.3 Å². The number of benzene rings is 1. The van der Waals surface area contributed by atoms with Crippen LogP contribution in [0.2, 0.25) is 0 Å². The molecule has 1 amide bonds. The van der Waals surface area contributed by atoms with Gasteiger partial charge in [0.15, 0.2) is 0 Å². The number of likely N-dealkylation sites (tertiary alicyclic amines) is 2. The van der Waals surface area contributed by atoms with E-state index in [2.05, 4.69) is 35.2 Å². The highest BCUT2D eigenvalue weighted by atomic mass is 16.5. The fraction of sp³-hybridized carbons (Fsp3) is 0.632. The topological polar surface area (TPSA) is 32.8 Å². The van der Waals surface area contributed by atoms with Crippen LogP contribution in [0.25, 0.3) is 0 Å². The highest BCUT2D eigenvalue weighted by Crippen LogP contribution is 2.32. The zero-order valence-electron chi connectivity index (χ0n) is 14.1. The maximum atomic E-state index is 11.6. The molecule has 2 heterocycles. The first-order chi connectivity index (χ1) is 11.3. The van der Waals surface area contributed by atoms with E-state index in [4.69, 9.17) is 4.74 Å².